The molecule has 8 aromatic carbocycles. The van der Waals surface area contributed by atoms with Crippen LogP contribution in [-0.2, 0) is 142 Å². The minimum Gasteiger partial charge on any atom is -0.462 e. The van der Waals surface area contributed by atoms with Crippen molar-refractivity contribution in [2.24, 2.45) is 0 Å². The number of esters is 2. The van der Waals surface area contributed by atoms with Gasteiger partial charge in [-0.05, 0) is 57.3 Å². The number of phosphoric acid groups is 1. The van der Waals surface area contributed by atoms with Crippen molar-refractivity contribution in [3.63, 3.8) is 0 Å². The van der Waals surface area contributed by atoms with Crippen LogP contribution in [0, 0.1) is 0 Å². The Kier molecular flexibility index (Phi) is 51.5. The van der Waals surface area contributed by atoms with Crippen molar-refractivity contribution >= 4 is 19.8 Å². The van der Waals surface area contributed by atoms with Gasteiger partial charge in [-0.1, -0.05) is 436 Å². The number of phosphoric ester groups is 1. The van der Waals surface area contributed by atoms with Crippen molar-refractivity contribution < 1.29 is 89.3 Å². The lowest BCUT2D eigenvalue weighted by molar-refractivity contribution is -0.353. The van der Waals surface area contributed by atoms with Crippen molar-refractivity contribution in [1.82, 2.24) is 0 Å². The summed E-state index contributed by atoms with van der Waals surface area (Å²) in [5.74, 6) is -0.892. The lowest BCUT2D eigenvalue weighted by Gasteiger charge is -2.48. The molecule has 2 aliphatic rings. The zero-order valence-electron chi connectivity index (χ0n) is 77.2. The maximum Gasteiger partial charge on any atom is 0.475 e. The van der Waals surface area contributed by atoms with Gasteiger partial charge in [0, 0.05) is 12.8 Å². The van der Waals surface area contributed by atoms with Gasteiger partial charge < -0.3 is 61.6 Å². The van der Waals surface area contributed by atoms with E-state index >= 15 is 4.57 Å². The van der Waals surface area contributed by atoms with Crippen LogP contribution in [0.4, 0.5) is 0 Å². The Bertz CT molecular complexity index is 4150. The summed E-state index contributed by atoms with van der Waals surface area (Å²) in [6, 6.07) is 78.8. The standard InChI is InChI=1S/C109H149O19P/c1-3-5-7-9-11-13-15-17-19-21-23-25-27-29-55-73-100(110)115-85-97(126-101(111)74-56-30-28-26-24-22-20-18-16-14-12-10-8-6-4-2)86-125-129(112,124-84-96-71-53-38-54-72-96)123-76-75-114-108-106(120-82-94-67-49-36-50-68-94)105(119-81-93-65-47-35-48-66-93)103(117-79-91-61-43-33-44-62-91)99(128-108)88-122-109-107(121-83-95-69-51-37-52-70-95)104(118-80-92-63-45-34-46-64-92)102(116-78-90-59-41-32-42-60-90)98(127-109)87-113-77-89-57-39-31-40-58-89/h31-54,57-72,97-99,102-109H,3-30,55-56,73-88H2,1-2H3/t97-,98?,99?,102?,103?,104?,105?,106?,107?,108?,109?,129?/m1/s1. The molecule has 2 aliphatic heterocycles. The highest BCUT2D eigenvalue weighted by Gasteiger charge is 2.53. The Balaban J connectivity index is 0.887. The van der Waals surface area contributed by atoms with E-state index in [4.69, 9.17) is 75.2 Å². The monoisotopic (exact) mass is 1790 g/mol. The van der Waals surface area contributed by atoms with Crippen LogP contribution in [-0.4, -0.2) is 119 Å². The lowest BCUT2D eigenvalue weighted by Crippen LogP contribution is -2.64. The fraction of sp³-hybridized carbons (Fsp3) is 0.541. The molecule has 0 radical (unpaired) electrons. The summed E-state index contributed by atoms with van der Waals surface area (Å²) < 4.78 is 125. The summed E-state index contributed by atoms with van der Waals surface area (Å²) in [5, 5.41) is 0. The van der Waals surface area contributed by atoms with Crippen LogP contribution in [0.3, 0.4) is 0 Å². The van der Waals surface area contributed by atoms with Gasteiger partial charge in [0.1, 0.15) is 55.4 Å². The highest BCUT2D eigenvalue weighted by Crippen LogP contribution is 2.50. The Morgan fingerprint density at radius 2 is 0.566 bits per heavy atom. The summed E-state index contributed by atoms with van der Waals surface area (Å²) in [7, 11) is -4.63. The Labute approximate surface area is 771 Å². The number of hydrogen-bond acceptors (Lipinski definition) is 19. The largest absolute Gasteiger partial charge is 0.475 e. The molecule has 12 atom stereocenters. The predicted octanol–water partition coefficient (Wildman–Crippen LogP) is 25.5. The molecule has 8 aromatic rings. The molecule has 0 spiro atoms. The number of hydrogen-bond donors (Lipinski definition) is 0. The summed E-state index contributed by atoms with van der Waals surface area (Å²) in [6.07, 6.45) is 25.5. The molecule has 10 rings (SSSR count). The van der Waals surface area contributed by atoms with E-state index in [0.29, 0.717) is 25.0 Å². The molecule has 0 amide bonds. The molecule has 19 nitrogen and oxygen atoms in total. The first-order valence-electron chi connectivity index (χ1n) is 48.7. The van der Waals surface area contributed by atoms with E-state index in [9.17, 15) is 9.59 Å². The summed E-state index contributed by atoms with van der Waals surface area (Å²) in [5.41, 5.74) is 7.15. The van der Waals surface area contributed by atoms with Crippen molar-refractivity contribution in [3.05, 3.63) is 287 Å². The topological polar surface area (TPSA) is 199 Å². The van der Waals surface area contributed by atoms with Crippen LogP contribution >= 0.6 is 7.82 Å². The third-order valence-electron chi connectivity index (χ3n) is 23.7. The van der Waals surface area contributed by atoms with Crippen LogP contribution in [0.15, 0.2) is 243 Å². The van der Waals surface area contributed by atoms with Gasteiger partial charge >= 0.3 is 19.8 Å². The number of ether oxygens (including phenoxy) is 13. The zero-order valence-corrected chi connectivity index (χ0v) is 78.1. The molecule has 11 unspecified atom stereocenters. The molecule has 0 N–H and O–H groups in total. The number of rotatable bonds is 71. The van der Waals surface area contributed by atoms with Crippen molar-refractivity contribution in [3.8, 4) is 0 Å². The average Bonchev–Trinajstić information content (AvgIpc) is 0.779. The molecule has 20 heteroatoms. The Morgan fingerprint density at radius 3 is 0.915 bits per heavy atom. The Hall–Kier alpha value is -7.63. The molecule has 0 aliphatic carbocycles. The van der Waals surface area contributed by atoms with E-state index in [0.717, 1.165) is 77.5 Å². The van der Waals surface area contributed by atoms with E-state index in [1.807, 2.05) is 243 Å². The SMILES string of the molecule is CCCCCCCCCCCCCCCCCC(=O)OC[C@H](COP(=O)(OCCOC1OC(COC2OC(COCc3ccccc3)C(OCc3ccccc3)C(OCc3ccccc3)C2OCc2ccccc2)C(OCc2ccccc2)C(OCc2ccccc2)C1OCc1ccccc1)OCc1ccccc1)OC(=O)CCCCCCCCCCCCCCCCC. The number of carbonyl (C=O) groups excluding carboxylic acids is 2. The minimum absolute atomic E-state index is 0.0827. The molecule has 0 aromatic heterocycles. The van der Waals surface area contributed by atoms with E-state index in [-0.39, 0.29) is 92.1 Å². The quantitative estimate of drug-likeness (QED) is 0.0198. The minimum atomic E-state index is -4.63. The van der Waals surface area contributed by atoms with Crippen LogP contribution in [0.2, 0.25) is 0 Å². The second kappa shape index (κ2) is 64.3. The first-order valence-corrected chi connectivity index (χ1v) is 50.1. The van der Waals surface area contributed by atoms with E-state index in [2.05, 4.69) is 13.8 Å². The zero-order chi connectivity index (χ0) is 89.7. The smallest absolute Gasteiger partial charge is 0.462 e. The van der Waals surface area contributed by atoms with Gasteiger partial charge in [0.2, 0.25) is 0 Å². The van der Waals surface area contributed by atoms with Gasteiger partial charge in [-0.25, -0.2) is 4.57 Å². The highest BCUT2D eigenvalue weighted by atomic mass is 31.2. The fourth-order valence-corrected chi connectivity index (χ4v) is 17.5. The van der Waals surface area contributed by atoms with Crippen LogP contribution in [0.5, 0.6) is 0 Å². The second-order valence-electron chi connectivity index (χ2n) is 34.4. The van der Waals surface area contributed by atoms with E-state index in [1.165, 1.54) is 141 Å². The van der Waals surface area contributed by atoms with Crippen molar-refractivity contribution in [2.75, 3.05) is 39.6 Å². The van der Waals surface area contributed by atoms with E-state index < -0.39 is 93.9 Å². The van der Waals surface area contributed by atoms with Crippen LogP contribution < -0.4 is 0 Å². The van der Waals surface area contributed by atoms with Crippen LogP contribution in [0.1, 0.15) is 264 Å². The second-order valence-corrected chi connectivity index (χ2v) is 36.1. The molecule has 2 heterocycles. The molecule has 2 saturated heterocycles. The van der Waals surface area contributed by atoms with Gasteiger partial charge in [0.25, 0.3) is 0 Å². The molecule has 0 bridgehead atoms. The fourth-order valence-electron chi connectivity index (χ4n) is 16.3. The highest BCUT2D eigenvalue weighted by molar-refractivity contribution is 7.48. The van der Waals surface area contributed by atoms with Gasteiger partial charge in [0.05, 0.1) is 85.9 Å². The third-order valence-corrected chi connectivity index (χ3v) is 25.1. The first-order chi connectivity index (χ1) is 63.7. The van der Waals surface area contributed by atoms with Crippen molar-refractivity contribution in [1.29, 1.82) is 0 Å². The normalized spacial score (nSPS) is 19.4. The number of carbonyl (C=O) groups is 2. The van der Waals surface area contributed by atoms with Gasteiger partial charge in [-0.15, -0.1) is 0 Å². The van der Waals surface area contributed by atoms with Crippen LogP contribution in [0.25, 0.3) is 0 Å². The third kappa shape index (κ3) is 42.0. The molecule has 704 valence electrons. The first kappa shape index (κ1) is 103. The van der Waals surface area contributed by atoms with E-state index in [1.54, 1.807) is 0 Å². The number of benzene rings is 8. The van der Waals surface area contributed by atoms with Gasteiger partial charge in [-0.2, -0.15) is 0 Å². The van der Waals surface area contributed by atoms with Gasteiger partial charge in [0.15, 0.2) is 18.7 Å². The number of unbranched alkanes of at least 4 members (excludes halogenated alkanes) is 28. The maximum atomic E-state index is 15.5. The Morgan fingerprint density at radius 1 is 0.279 bits per heavy atom. The average molecular weight is 1790 g/mol. The molecule has 0 saturated carbocycles. The summed E-state index contributed by atoms with van der Waals surface area (Å²) in [6.45, 7) is 4.07. The van der Waals surface area contributed by atoms with Crippen molar-refractivity contribution in [2.45, 2.75) is 340 Å². The van der Waals surface area contributed by atoms with Gasteiger partial charge in [-0.3, -0.25) is 23.2 Å². The summed E-state index contributed by atoms with van der Waals surface area (Å²) >= 11 is 0. The molecular weight excluding hydrogens is 1640 g/mol. The molecular formula is C109H149O19P. The summed E-state index contributed by atoms with van der Waals surface area (Å²) in [4.78, 5) is 27.5. The lowest BCUT2D eigenvalue weighted by atomic mass is 9.96. The molecule has 129 heavy (non-hydrogen) atoms. The maximum absolute atomic E-state index is 15.5. The molecule has 2 fully saturated rings. The predicted molar refractivity (Wildman–Crippen MR) is 506 cm³/mol.